The van der Waals surface area contributed by atoms with Gasteiger partial charge in [-0.15, -0.1) is 0 Å². The Kier molecular flexibility index (Phi) is 2.77. The fourth-order valence-electron chi connectivity index (χ4n) is 2.29. The van der Waals surface area contributed by atoms with Gasteiger partial charge in [-0.05, 0) is 19.3 Å². The van der Waals surface area contributed by atoms with E-state index in [4.69, 9.17) is 4.74 Å². The maximum Gasteiger partial charge on any atom is 0.302 e. The van der Waals surface area contributed by atoms with Crippen molar-refractivity contribution in [3.63, 3.8) is 0 Å². The van der Waals surface area contributed by atoms with Gasteiger partial charge in [-0.25, -0.2) is 0 Å². The fraction of sp³-hybridized carbons (Fsp3) is 0.545. The summed E-state index contributed by atoms with van der Waals surface area (Å²) in [7, 11) is 0. The first-order valence-electron chi connectivity index (χ1n) is 5.32. The first-order valence-corrected chi connectivity index (χ1v) is 5.32. The molecule has 2 aliphatic rings. The van der Waals surface area contributed by atoms with E-state index in [2.05, 4.69) is 0 Å². The van der Waals surface area contributed by atoms with Gasteiger partial charge in [-0.3, -0.25) is 19.3 Å². The molecular formula is C11H13NO4. The smallest absolute Gasteiger partial charge is 0.302 e. The lowest BCUT2D eigenvalue weighted by atomic mass is 10.2. The maximum absolute atomic E-state index is 11.5. The first-order chi connectivity index (χ1) is 7.59. The van der Waals surface area contributed by atoms with Crippen molar-refractivity contribution in [2.45, 2.75) is 38.3 Å². The summed E-state index contributed by atoms with van der Waals surface area (Å²) in [6.45, 7) is 1.33. The van der Waals surface area contributed by atoms with Gasteiger partial charge >= 0.3 is 5.97 Å². The summed E-state index contributed by atoms with van der Waals surface area (Å²) < 4.78 is 5.12. The van der Waals surface area contributed by atoms with Gasteiger partial charge in [0.05, 0.1) is 6.04 Å². The zero-order valence-corrected chi connectivity index (χ0v) is 9.01. The highest BCUT2D eigenvalue weighted by Gasteiger charge is 2.40. The van der Waals surface area contributed by atoms with Crippen molar-refractivity contribution in [2.75, 3.05) is 0 Å². The van der Waals surface area contributed by atoms with E-state index in [1.807, 2.05) is 0 Å². The second-order valence-corrected chi connectivity index (χ2v) is 4.03. The third-order valence-corrected chi connectivity index (χ3v) is 2.91. The molecule has 1 aliphatic heterocycles. The summed E-state index contributed by atoms with van der Waals surface area (Å²) in [5.74, 6) is -0.993. The fourth-order valence-corrected chi connectivity index (χ4v) is 2.29. The molecule has 0 bridgehead atoms. The van der Waals surface area contributed by atoms with Gasteiger partial charge in [0.15, 0.2) is 0 Å². The topological polar surface area (TPSA) is 63.7 Å². The highest BCUT2D eigenvalue weighted by atomic mass is 16.5. The molecule has 1 fully saturated rings. The monoisotopic (exact) mass is 223 g/mol. The lowest BCUT2D eigenvalue weighted by Gasteiger charge is -2.27. The van der Waals surface area contributed by atoms with Crippen LogP contribution in [0.1, 0.15) is 26.2 Å². The van der Waals surface area contributed by atoms with E-state index in [9.17, 15) is 14.4 Å². The number of ether oxygens (including phenoxy) is 1. The normalized spacial score (nSPS) is 28.9. The molecule has 1 aliphatic carbocycles. The van der Waals surface area contributed by atoms with Crippen LogP contribution in [0.3, 0.4) is 0 Å². The molecule has 0 N–H and O–H groups in total. The Bertz CT molecular complexity index is 356. The number of amides is 2. The predicted molar refractivity (Wildman–Crippen MR) is 54.2 cm³/mol. The third-order valence-electron chi connectivity index (χ3n) is 2.91. The van der Waals surface area contributed by atoms with Crippen LogP contribution < -0.4 is 0 Å². The van der Waals surface area contributed by atoms with E-state index >= 15 is 0 Å². The average molecular weight is 223 g/mol. The molecule has 0 aromatic carbocycles. The maximum atomic E-state index is 11.5. The zero-order chi connectivity index (χ0) is 11.7. The van der Waals surface area contributed by atoms with Crippen molar-refractivity contribution in [3.05, 3.63) is 12.2 Å². The van der Waals surface area contributed by atoms with Crippen LogP contribution in [0.4, 0.5) is 0 Å². The van der Waals surface area contributed by atoms with E-state index in [0.29, 0.717) is 12.8 Å². The molecule has 16 heavy (non-hydrogen) atoms. The minimum absolute atomic E-state index is 0.293. The van der Waals surface area contributed by atoms with Crippen LogP contribution >= 0.6 is 0 Å². The molecule has 0 saturated heterocycles. The molecule has 0 aromatic rings. The molecule has 0 aromatic heterocycles. The minimum Gasteiger partial charge on any atom is -0.460 e. The number of hydrogen-bond donors (Lipinski definition) is 0. The number of carbonyl (C=O) groups excluding carboxylic acids is 3. The Hall–Kier alpha value is -1.65. The lowest BCUT2D eigenvalue weighted by molar-refractivity contribution is -0.154. The summed E-state index contributed by atoms with van der Waals surface area (Å²) in [5.41, 5.74) is 0. The predicted octanol–water partition coefficient (Wildman–Crippen LogP) is 0.396. The van der Waals surface area contributed by atoms with Gasteiger partial charge in [0, 0.05) is 19.1 Å². The molecule has 1 saturated carbocycles. The van der Waals surface area contributed by atoms with Crippen LogP contribution in [0.15, 0.2) is 12.2 Å². The van der Waals surface area contributed by atoms with Gasteiger partial charge in [0.2, 0.25) is 0 Å². The van der Waals surface area contributed by atoms with Gasteiger partial charge < -0.3 is 4.74 Å². The highest BCUT2D eigenvalue weighted by Crippen LogP contribution is 2.28. The second-order valence-electron chi connectivity index (χ2n) is 4.03. The number of hydrogen-bond acceptors (Lipinski definition) is 4. The summed E-state index contributed by atoms with van der Waals surface area (Å²) in [4.78, 5) is 35.1. The number of nitrogens with zero attached hydrogens (tertiary/aromatic N) is 1. The number of imide groups is 1. The molecule has 86 valence electrons. The van der Waals surface area contributed by atoms with Crippen molar-refractivity contribution < 1.29 is 19.1 Å². The van der Waals surface area contributed by atoms with Gasteiger partial charge in [0.25, 0.3) is 11.8 Å². The van der Waals surface area contributed by atoms with Crippen LogP contribution in [0, 0.1) is 0 Å². The van der Waals surface area contributed by atoms with Crippen LogP contribution in [0.25, 0.3) is 0 Å². The molecule has 0 radical (unpaired) electrons. The van der Waals surface area contributed by atoms with Gasteiger partial charge in [0.1, 0.15) is 6.10 Å². The van der Waals surface area contributed by atoms with Crippen molar-refractivity contribution >= 4 is 17.8 Å². The Labute approximate surface area is 93.0 Å². The third kappa shape index (κ3) is 1.85. The zero-order valence-electron chi connectivity index (χ0n) is 9.01. The average Bonchev–Trinajstić information content (AvgIpc) is 2.74. The minimum atomic E-state index is -0.371. The van der Waals surface area contributed by atoms with Crippen molar-refractivity contribution in [3.8, 4) is 0 Å². The number of esters is 1. The molecule has 2 amide bonds. The van der Waals surface area contributed by atoms with Crippen molar-refractivity contribution in [1.29, 1.82) is 0 Å². The highest BCUT2D eigenvalue weighted by molar-refractivity contribution is 6.13. The van der Waals surface area contributed by atoms with Crippen molar-refractivity contribution in [1.82, 2.24) is 4.90 Å². The Morgan fingerprint density at radius 3 is 2.50 bits per heavy atom. The number of rotatable bonds is 2. The number of carbonyl (C=O) groups is 3. The molecule has 2 rings (SSSR count). The molecule has 0 unspecified atom stereocenters. The Balaban J connectivity index is 2.11. The second kappa shape index (κ2) is 4.08. The Morgan fingerprint density at radius 1 is 1.31 bits per heavy atom. The molecule has 0 spiro atoms. The van der Waals surface area contributed by atoms with E-state index in [1.54, 1.807) is 0 Å². The summed E-state index contributed by atoms with van der Waals surface area (Å²) >= 11 is 0. The Morgan fingerprint density at radius 2 is 1.94 bits per heavy atom. The van der Waals surface area contributed by atoms with Crippen LogP contribution in [0.2, 0.25) is 0 Å². The first kappa shape index (κ1) is 10.9. The lowest BCUT2D eigenvalue weighted by Crippen LogP contribution is -2.45. The van der Waals surface area contributed by atoms with Gasteiger partial charge in [-0.2, -0.15) is 0 Å². The van der Waals surface area contributed by atoms with E-state index in [0.717, 1.165) is 6.42 Å². The molecular weight excluding hydrogens is 210 g/mol. The van der Waals surface area contributed by atoms with E-state index in [-0.39, 0.29) is 29.9 Å². The van der Waals surface area contributed by atoms with E-state index in [1.165, 1.54) is 24.0 Å². The van der Waals surface area contributed by atoms with Crippen LogP contribution in [0.5, 0.6) is 0 Å². The molecule has 5 heteroatoms. The van der Waals surface area contributed by atoms with E-state index < -0.39 is 0 Å². The summed E-state index contributed by atoms with van der Waals surface area (Å²) in [5, 5.41) is 0. The quantitative estimate of drug-likeness (QED) is 0.502. The van der Waals surface area contributed by atoms with Gasteiger partial charge in [-0.1, -0.05) is 0 Å². The summed E-state index contributed by atoms with van der Waals surface area (Å²) in [6.07, 6.45) is 4.44. The van der Waals surface area contributed by atoms with Crippen molar-refractivity contribution in [2.24, 2.45) is 0 Å². The standard InChI is InChI=1S/C11H13NO4/c1-7(13)16-9-4-2-3-8(9)12-10(14)5-6-11(12)15/h5-6,8-9H,2-4H2,1H3/t8-,9-/m0/s1. The largest absolute Gasteiger partial charge is 0.460 e. The molecule has 2 atom stereocenters. The van der Waals surface area contributed by atoms with Crippen LogP contribution in [-0.2, 0) is 19.1 Å². The summed E-state index contributed by atoms with van der Waals surface area (Å²) in [6, 6.07) is -0.293. The van der Waals surface area contributed by atoms with Crippen LogP contribution in [-0.4, -0.2) is 34.8 Å². The SMILES string of the molecule is CC(=O)O[C@H]1CCC[C@@H]1N1C(=O)C=CC1=O. The molecule has 5 nitrogen and oxygen atoms in total. The molecule has 1 heterocycles.